The molecule has 72 valence electrons. The van der Waals surface area contributed by atoms with E-state index in [4.69, 9.17) is 0 Å². The van der Waals surface area contributed by atoms with E-state index in [-0.39, 0.29) is 5.91 Å². The summed E-state index contributed by atoms with van der Waals surface area (Å²) in [6.07, 6.45) is 0.555. The second kappa shape index (κ2) is 5.02. The monoisotopic (exact) mass is 197 g/mol. The van der Waals surface area contributed by atoms with Gasteiger partial charge in [0.05, 0.1) is 6.42 Å². The van der Waals surface area contributed by atoms with Crippen molar-refractivity contribution in [3.63, 3.8) is 0 Å². The van der Waals surface area contributed by atoms with E-state index in [2.05, 4.69) is 0 Å². The molecule has 0 fully saturated rings. The topological polar surface area (TPSA) is 20.3 Å². The van der Waals surface area contributed by atoms with Gasteiger partial charge in [0, 0.05) is 18.0 Å². The summed E-state index contributed by atoms with van der Waals surface area (Å²) < 4.78 is 0. The van der Waals surface area contributed by atoms with Gasteiger partial charge in [-0.25, -0.2) is 0 Å². The minimum Gasteiger partial charge on any atom is -0.343 e. The van der Waals surface area contributed by atoms with E-state index in [0.29, 0.717) is 6.42 Å². The highest BCUT2D eigenvalue weighted by Gasteiger charge is 2.09. The molecular formula is C10H15NOS. The molecule has 0 atom stereocenters. The van der Waals surface area contributed by atoms with Crippen LogP contribution in [0.25, 0.3) is 0 Å². The number of hydrogen-bond acceptors (Lipinski definition) is 2. The highest BCUT2D eigenvalue weighted by atomic mass is 32.1. The Morgan fingerprint density at radius 3 is 2.62 bits per heavy atom. The van der Waals surface area contributed by atoms with Gasteiger partial charge in [0.15, 0.2) is 0 Å². The van der Waals surface area contributed by atoms with E-state index in [1.165, 1.54) is 0 Å². The van der Waals surface area contributed by atoms with Crippen molar-refractivity contribution < 1.29 is 4.79 Å². The van der Waals surface area contributed by atoms with Crippen LogP contribution in [-0.4, -0.2) is 23.9 Å². The Hall–Kier alpha value is -0.830. The van der Waals surface area contributed by atoms with Crippen molar-refractivity contribution in [2.45, 2.75) is 20.3 Å². The van der Waals surface area contributed by atoms with Crippen molar-refractivity contribution in [1.29, 1.82) is 0 Å². The maximum Gasteiger partial charge on any atom is 0.227 e. The van der Waals surface area contributed by atoms with Crippen LogP contribution in [0.3, 0.4) is 0 Å². The van der Waals surface area contributed by atoms with Gasteiger partial charge in [0.25, 0.3) is 0 Å². The van der Waals surface area contributed by atoms with Crippen LogP contribution in [0.15, 0.2) is 17.5 Å². The minimum absolute atomic E-state index is 0.229. The predicted molar refractivity (Wildman–Crippen MR) is 56.0 cm³/mol. The Morgan fingerprint density at radius 1 is 1.46 bits per heavy atom. The van der Waals surface area contributed by atoms with Crippen LogP contribution in [0.2, 0.25) is 0 Å². The molecule has 0 N–H and O–H groups in total. The van der Waals surface area contributed by atoms with Crippen LogP contribution in [-0.2, 0) is 11.2 Å². The first-order valence-electron chi connectivity index (χ1n) is 4.58. The van der Waals surface area contributed by atoms with Crippen LogP contribution >= 0.6 is 11.3 Å². The summed E-state index contributed by atoms with van der Waals surface area (Å²) in [5.41, 5.74) is 0. The van der Waals surface area contributed by atoms with E-state index in [1.54, 1.807) is 11.3 Å². The second-order valence-corrected chi connectivity index (χ2v) is 3.85. The molecule has 0 aliphatic heterocycles. The molecular weight excluding hydrogens is 182 g/mol. The highest BCUT2D eigenvalue weighted by Crippen LogP contribution is 2.10. The zero-order valence-corrected chi connectivity index (χ0v) is 8.93. The fourth-order valence-corrected chi connectivity index (χ4v) is 1.95. The van der Waals surface area contributed by atoms with Crippen molar-refractivity contribution in [2.75, 3.05) is 13.1 Å². The normalized spacial score (nSPS) is 10.0. The lowest BCUT2D eigenvalue weighted by atomic mass is 10.3. The average molecular weight is 197 g/mol. The summed E-state index contributed by atoms with van der Waals surface area (Å²) in [6.45, 7) is 5.63. The molecule has 0 saturated heterocycles. The molecule has 0 unspecified atom stereocenters. The van der Waals surface area contributed by atoms with Crippen molar-refractivity contribution in [3.05, 3.63) is 22.4 Å². The van der Waals surface area contributed by atoms with Gasteiger partial charge >= 0.3 is 0 Å². The molecule has 1 aromatic rings. The smallest absolute Gasteiger partial charge is 0.227 e. The van der Waals surface area contributed by atoms with Gasteiger partial charge in [0.1, 0.15) is 0 Å². The highest BCUT2D eigenvalue weighted by molar-refractivity contribution is 7.10. The lowest BCUT2D eigenvalue weighted by Crippen LogP contribution is -2.31. The Morgan fingerprint density at radius 2 is 2.15 bits per heavy atom. The molecule has 0 saturated carbocycles. The first-order chi connectivity index (χ1) is 6.27. The number of rotatable bonds is 4. The summed E-state index contributed by atoms with van der Waals surface area (Å²) in [7, 11) is 0. The molecule has 1 heterocycles. The summed E-state index contributed by atoms with van der Waals surface area (Å²) >= 11 is 1.64. The van der Waals surface area contributed by atoms with E-state index < -0.39 is 0 Å². The van der Waals surface area contributed by atoms with Crippen LogP contribution in [0, 0.1) is 0 Å². The SMILES string of the molecule is CCN(CC)C(=O)Cc1cccs1. The van der Waals surface area contributed by atoms with Crippen molar-refractivity contribution >= 4 is 17.2 Å². The molecule has 1 aromatic heterocycles. The first-order valence-corrected chi connectivity index (χ1v) is 5.46. The molecule has 3 heteroatoms. The molecule has 0 aliphatic carbocycles. The van der Waals surface area contributed by atoms with E-state index in [9.17, 15) is 4.79 Å². The molecule has 0 spiro atoms. The van der Waals surface area contributed by atoms with Crippen LogP contribution < -0.4 is 0 Å². The van der Waals surface area contributed by atoms with Gasteiger partial charge < -0.3 is 4.90 Å². The zero-order chi connectivity index (χ0) is 9.68. The molecule has 0 bridgehead atoms. The Balaban J connectivity index is 2.49. The third kappa shape index (κ3) is 2.84. The van der Waals surface area contributed by atoms with E-state index in [0.717, 1.165) is 18.0 Å². The lowest BCUT2D eigenvalue weighted by molar-refractivity contribution is -0.130. The third-order valence-electron chi connectivity index (χ3n) is 2.02. The van der Waals surface area contributed by atoms with Crippen LogP contribution in [0.1, 0.15) is 18.7 Å². The van der Waals surface area contributed by atoms with Crippen LogP contribution in [0.4, 0.5) is 0 Å². The fraction of sp³-hybridized carbons (Fsp3) is 0.500. The molecule has 0 aliphatic rings. The maximum atomic E-state index is 11.6. The average Bonchev–Trinajstić information content (AvgIpc) is 2.59. The molecule has 13 heavy (non-hydrogen) atoms. The van der Waals surface area contributed by atoms with Crippen molar-refractivity contribution in [1.82, 2.24) is 4.90 Å². The predicted octanol–water partition coefficient (Wildman–Crippen LogP) is 2.16. The standard InChI is InChI=1S/C10H15NOS/c1-3-11(4-2)10(12)8-9-6-5-7-13-9/h5-7H,3-4,8H2,1-2H3. The number of likely N-dealkylation sites (N-methyl/N-ethyl adjacent to an activating group) is 1. The van der Waals surface area contributed by atoms with Gasteiger partial charge in [-0.05, 0) is 25.3 Å². The summed E-state index contributed by atoms with van der Waals surface area (Å²) in [5, 5.41) is 2.00. The molecule has 1 rings (SSSR count). The Kier molecular flexibility index (Phi) is 3.96. The van der Waals surface area contributed by atoms with E-state index >= 15 is 0 Å². The van der Waals surface area contributed by atoms with Gasteiger partial charge in [-0.15, -0.1) is 11.3 Å². The minimum atomic E-state index is 0.229. The molecule has 1 amide bonds. The van der Waals surface area contributed by atoms with Crippen LogP contribution in [0.5, 0.6) is 0 Å². The first kappa shape index (κ1) is 10.3. The largest absolute Gasteiger partial charge is 0.343 e. The molecule has 2 nitrogen and oxygen atoms in total. The third-order valence-corrected chi connectivity index (χ3v) is 2.90. The molecule has 0 aromatic carbocycles. The summed E-state index contributed by atoms with van der Waals surface area (Å²) in [4.78, 5) is 14.6. The quantitative estimate of drug-likeness (QED) is 0.724. The summed E-state index contributed by atoms with van der Waals surface area (Å²) in [5.74, 6) is 0.229. The number of carbonyl (C=O) groups excluding carboxylic acids is 1. The number of hydrogen-bond donors (Lipinski definition) is 0. The Labute approximate surface area is 83.2 Å². The van der Waals surface area contributed by atoms with Crippen molar-refractivity contribution in [2.24, 2.45) is 0 Å². The van der Waals surface area contributed by atoms with Gasteiger partial charge in [0.2, 0.25) is 5.91 Å². The summed E-state index contributed by atoms with van der Waals surface area (Å²) in [6, 6.07) is 3.99. The maximum absolute atomic E-state index is 11.6. The number of nitrogens with zero attached hydrogens (tertiary/aromatic N) is 1. The van der Waals surface area contributed by atoms with Gasteiger partial charge in [-0.3, -0.25) is 4.79 Å². The lowest BCUT2D eigenvalue weighted by Gasteiger charge is -2.17. The fourth-order valence-electron chi connectivity index (χ4n) is 1.25. The number of thiophene rings is 1. The molecule has 0 radical (unpaired) electrons. The van der Waals surface area contributed by atoms with Gasteiger partial charge in [-0.1, -0.05) is 6.07 Å². The van der Waals surface area contributed by atoms with Gasteiger partial charge in [-0.2, -0.15) is 0 Å². The van der Waals surface area contributed by atoms with E-state index in [1.807, 2.05) is 36.3 Å². The van der Waals surface area contributed by atoms with Crippen molar-refractivity contribution in [3.8, 4) is 0 Å². The zero-order valence-electron chi connectivity index (χ0n) is 8.12. The second-order valence-electron chi connectivity index (χ2n) is 2.82. The number of amides is 1. The Bertz CT molecular complexity index is 252. The number of carbonyl (C=O) groups is 1.